The molecule has 0 aliphatic carbocycles. The van der Waals surface area contributed by atoms with Crippen LogP contribution in [0.5, 0.6) is 17.2 Å². The Hall–Kier alpha value is -1.71. The molecule has 0 spiro atoms. The lowest BCUT2D eigenvalue weighted by atomic mass is 10.1. The zero-order valence-electron chi connectivity index (χ0n) is 11.7. The van der Waals surface area contributed by atoms with Crippen LogP contribution >= 0.6 is 11.6 Å². The molecule has 0 aliphatic rings. The van der Waals surface area contributed by atoms with Gasteiger partial charge in [-0.3, -0.25) is 0 Å². The molecule has 2 N–H and O–H groups in total. The van der Waals surface area contributed by atoms with E-state index in [-0.39, 0.29) is 0 Å². The highest BCUT2D eigenvalue weighted by molar-refractivity contribution is 6.31. The highest BCUT2D eigenvalue weighted by Crippen LogP contribution is 2.35. The number of nitrogens with two attached hydrogens (primary N) is 1. The molecule has 0 bridgehead atoms. The van der Waals surface area contributed by atoms with Crippen molar-refractivity contribution in [2.24, 2.45) is 5.73 Å². The molecule has 0 unspecified atom stereocenters. The molecule has 0 fully saturated rings. The smallest absolute Gasteiger partial charge is 0.169 e. The van der Waals surface area contributed by atoms with Gasteiger partial charge in [-0.05, 0) is 36.2 Å². The Kier molecular flexibility index (Phi) is 4.88. The van der Waals surface area contributed by atoms with Gasteiger partial charge in [0.15, 0.2) is 11.5 Å². The van der Waals surface area contributed by atoms with Gasteiger partial charge in [0.25, 0.3) is 0 Å². The molecule has 3 nitrogen and oxygen atoms in total. The first kappa shape index (κ1) is 14.7. The van der Waals surface area contributed by atoms with Crippen LogP contribution in [0.4, 0.5) is 0 Å². The minimum Gasteiger partial charge on any atom is -0.493 e. The number of hydrogen-bond acceptors (Lipinski definition) is 3. The lowest BCUT2D eigenvalue weighted by Gasteiger charge is -2.14. The summed E-state index contributed by atoms with van der Waals surface area (Å²) >= 11 is 6.13. The van der Waals surface area contributed by atoms with E-state index in [0.29, 0.717) is 28.8 Å². The summed E-state index contributed by atoms with van der Waals surface area (Å²) in [4.78, 5) is 0. The van der Waals surface area contributed by atoms with Crippen molar-refractivity contribution < 1.29 is 9.47 Å². The predicted molar refractivity (Wildman–Crippen MR) is 81.8 cm³/mol. The lowest BCUT2D eigenvalue weighted by Crippen LogP contribution is -2.01. The summed E-state index contributed by atoms with van der Waals surface area (Å²) in [5.41, 5.74) is 7.71. The maximum Gasteiger partial charge on any atom is 0.169 e. The van der Waals surface area contributed by atoms with Crippen LogP contribution < -0.4 is 15.2 Å². The van der Waals surface area contributed by atoms with E-state index in [1.807, 2.05) is 30.3 Å². The normalized spacial score (nSPS) is 10.4. The third kappa shape index (κ3) is 3.06. The first-order chi connectivity index (χ1) is 9.69. The van der Waals surface area contributed by atoms with E-state index in [1.165, 1.54) is 5.56 Å². The molecule has 0 heterocycles. The van der Waals surface area contributed by atoms with E-state index < -0.39 is 0 Å². The van der Waals surface area contributed by atoms with Crippen molar-refractivity contribution in [3.05, 3.63) is 52.5 Å². The standard InChI is InChI=1S/C16H18ClNO2/c1-3-11-7-8-15(16(9-11)19-2)20-14-6-4-5-13(17)12(14)10-18/h4-9H,3,10,18H2,1-2H3. The predicted octanol–water partition coefficient (Wildman–Crippen LogP) is 4.16. The van der Waals surface area contributed by atoms with Crippen molar-refractivity contribution in [3.63, 3.8) is 0 Å². The Morgan fingerprint density at radius 2 is 1.90 bits per heavy atom. The molecular weight excluding hydrogens is 274 g/mol. The first-order valence-corrected chi connectivity index (χ1v) is 6.89. The van der Waals surface area contributed by atoms with E-state index in [4.69, 9.17) is 26.8 Å². The van der Waals surface area contributed by atoms with Gasteiger partial charge in [0.2, 0.25) is 0 Å². The maximum atomic E-state index is 6.13. The van der Waals surface area contributed by atoms with Gasteiger partial charge >= 0.3 is 0 Å². The average Bonchev–Trinajstić information content (AvgIpc) is 2.48. The quantitative estimate of drug-likeness (QED) is 0.899. The molecule has 0 aromatic heterocycles. The van der Waals surface area contributed by atoms with E-state index in [0.717, 1.165) is 12.0 Å². The van der Waals surface area contributed by atoms with Crippen LogP contribution in [0.2, 0.25) is 5.02 Å². The topological polar surface area (TPSA) is 44.5 Å². The average molecular weight is 292 g/mol. The monoisotopic (exact) mass is 291 g/mol. The number of halogens is 1. The second-order valence-electron chi connectivity index (χ2n) is 4.36. The summed E-state index contributed by atoms with van der Waals surface area (Å²) in [6.07, 6.45) is 0.946. The first-order valence-electron chi connectivity index (χ1n) is 6.51. The van der Waals surface area contributed by atoms with Gasteiger partial charge in [0.05, 0.1) is 7.11 Å². The van der Waals surface area contributed by atoms with Gasteiger partial charge < -0.3 is 15.2 Å². The van der Waals surface area contributed by atoms with Crippen LogP contribution in [0.1, 0.15) is 18.1 Å². The largest absolute Gasteiger partial charge is 0.493 e. The molecular formula is C16H18ClNO2. The molecule has 0 saturated heterocycles. The molecule has 2 aromatic carbocycles. The Bertz CT molecular complexity index is 599. The maximum absolute atomic E-state index is 6.13. The van der Waals surface area contributed by atoms with Gasteiger partial charge in [0.1, 0.15) is 5.75 Å². The van der Waals surface area contributed by atoms with Crippen molar-refractivity contribution in [2.45, 2.75) is 19.9 Å². The van der Waals surface area contributed by atoms with Gasteiger partial charge in [-0.15, -0.1) is 0 Å². The second kappa shape index (κ2) is 6.64. The molecule has 4 heteroatoms. The molecule has 0 atom stereocenters. The van der Waals surface area contributed by atoms with Crippen molar-refractivity contribution in [1.29, 1.82) is 0 Å². The van der Waals surface area contributed by atoms with Gasteiger partial charge in [-0.25, -0.2) is 0 Å². The minimum absolute atomic E-state index is 0.324. The number of benzene rings is 2. The van der Waals surface area contributed by atoms with Crippen molar-refractivity contribution in [2.75, 3.05) is 7.11 Å². The van der Waals surface area contributed by atoms with Gasteiger partial charge in [-0.2, -0.15) is 0 Å². The molecule has 2 rings (SSSR count). The Morgan fingerprint density at radius 3 is 2.55 bits per heavy atom. The lowest BCUT2D eigenvalue weighted by molar-refractivity contribution is 0.377. The van der Waals surface area contributed by atoms with Crippen LogP contribution in [0.15, 0.2) is 36.4 Å². The fourth-order valence-corrected chi connectivity index (χ4v) is 2.21. The van der Waals surface area contributed by atoms with Crippen LogP contribution in [0, 0.1) is 0 Å². The third-order valence-corrected chi connectivity index (χ3v) is 3.49. The van der Waals surface area contributed by atoms with Crippen LogP contribution in [-0.4, -0.2) is 7.11 Å². The summed E-state index contributed by atoms with van der Waals surface area (Å²) in [6, 6.07) is 11.4. The number of aryl methyl sites for hydroxylation is 1. The van der Waals surface area contributed by atoms with Crippen molar-refractivity contribution in [1.82, 2.24) is 0 Å². The number of hydrogen-bond donors (Lipinski definition) is 1. The Labute approximate surface area is 124 Å². The van der Waals surface area contributed by atoms with Crippen LogP contribution in [-0.2, 0) is 13.0 Å². The summed E-state index contributed by atoms with van der Waals surface area (Å²) in [5, 5.41) is 0.606. The fourth-order valence-electron chi connectivity index (χ4n) is 1.97. The Balaban J connectivity index is 2.37. The van der Waals surface area contributed by atoms with E-state index >= 15 is 0 Å². The summed E-state index contributed by atoms with van der Waals surface area (Å²) in [6.45, 7) is 2.42. The van der Waals surface area contributed by atoms with Crippen LogP contribution in [0.25, 0.3) is 0 Å². The van der Waals surface area contributed by atoms with Gasteiger partial charge in [0, 0.05) is 17.1 Å². The van der Waals surface area contributed by atoms with Crippen molar-refractivity contribution in [3.8, 4) is 17.2 Å². The molecule has 0 aliphatic heterocycles. The molecule has 0 saturated carbocycles. The summed E-state index contributed by atoms with van der Waals surface area (Å²) in [7, 11) is 1.63. The zero-order valence-corrected chi connectivity index (χ0v) is 12.4. The number of rotatable bonds is 5. The minimum atomic E-state index is 0.324. The zero-order chi connectivity index (χ0) is 14.5. The summed E-state index contributed by atoms with van der Waals surface area (Å²) < 4.78 is 11.3. The van der Waals surface area contributed by atoms with Crippen LogP contribution in [0.3, 0.4) is 0 Å². The molecule has 106 valence electrons. The number of methoxy groups -OCH3 is 1. The third-order valence-electron chi connectivity index (χ3n) is 3.14. The SMILES string of the molecule is CCc1ccc(Oc2cccc(Cl)c2CN)c(OC)c1. The second-order valence-corrected chi connectivity index (χ2v) is 4.77. The molecule has 2 aromatic rings. The molecule has 0 amide bonds. The molecule has 0 radical (unpaired) electrons. The molecule has 20 heavy (non-hydrogen) atoms. The van der Waals surface area contributed by atoms with Gasteiger partial charge in [-0.1, -0.05) is 30.7 Å². The van der Waals surface area contributed by atoms with E-state index in [2.05, 4.69) is 6.92 Å². The number of ether oxygens (including phenoxy) is 2. The fraction of sp³-hybridized carbons (Fsp3) is 0.250. The highest BCUT2D eigenvalue weighted by Gasteiger charge is 2.11. The van der Waals surface area contributed by atoms with E-state index in [1.54, 1.807) is 13.2 Å². The summed E-state index contributed by atoms with van der Waals surface area (Å²) in [5.74, 6) is 2.01. The van der Waals surface area contributed by atoms with Crippen molar-refractivity contribution >= 4 is 11.6 Å². The Morgan fingerprint density at radius 1 is 1.10 bits per heavy atom. The highest BCUT2D eigenvalue weighted by atomic mass is 35.5. The van der Waals surface area contributed by atoms with E-state index in [9.17, 15) is 0 Å².